The Morgan fingerprint density at radius 3 is 2.37 bits per heavy atom. The van der Waals surface area contributed by atoms with E-state index in [4.69, 9.17) is 42.1 Å². The fourth-order valence-corrected chi connectivity index (χ4v) is 8.00. The third-order valence-electron chi connectivity index (χ3n) is 9.23. The molecular formula is C36H36Cl2FN3O6S. The first-order valence-corrected chi connectivity index (χ1v) is 17.5. The number of fused-ring (bicyclic) bond motifs is 2. The van der Waals surface area contributed by atoms with Gasteiger partial charge in [0, 0.05) is 48.6 Å². The molecule has 0 aliphatic carbocycles. The molecule has 9 nitrogen and oxygen atoms in total. The Hall–Kier alpha value is -3.90. The molecule has 0 spiro atoms. The van der Waals surface area contributed by atoms with Crippen LogP contribution in [0, 0.1) is 5.82 Å². The fourth-order valence-electron chi connectivity index (χ4n) is 6.60. The van der Waals surface area contributed by atoms with Crippen molar-refractivity contribution in [1.29, 1.82) is 0 Å². The number of thiophene rings is 1. The van der Waals surface area contributed by atoms with Crippen LogP contribution in [-0.4, -0.2) is 61.4 Å². The van der Waals surface area contributed by atoms with Crippen LogP contribution in [0.3, 0.4) is 0 Å². The minimum atomic E-state index is -0.815. The van der Waals surface area contributed by atoms with Gasteiger partial charge < -0.3 is 23.8 Å². The first-order valence-electron chi connectivity index (χ1n) is 15.9. The van der Waals surface area contributed by atoms with Gasteiger partial charge in [-0.3, -0.25) is 9.88 Å². The lowest BCUT2D eigenvalue weighted by Gasteiger charge is -2.36. The van der Waals surface area contributed by atoms with E-state index >= 15 is 4.39 Å². The number of methoxy groups -OCH3 is 2. The second-order valence-corrected chi connectivity index (χ2v) is 14.1. The van der Waals surface area contributed by atoms with E-state index in [0.717, 1.165) is 37.0 Å². The number of pyridine rings is 1. The standard InChI is InChI=1S/C36H36Cl2FN3O6S/c1-41-22-9-10-23(41)16-24(15-22)47-36(44)42(30-7-5-4-6-29(30)39)20-25-11-13-34(49-25)35(43)48-32(17-26-27(37)18-40-19-28(26)38)21-8-12-31(45-2)33(14-21)46-3/h4-8,11-14,18-19,22-24,32H,9-10,15-17,20H2,1-3H3/t22-,23+,24?,32-/m0/s1. The minimum Gasteiger partial charge on any atom is -0.493 e. The fraction of sp³-hybridized carbons (Fsp3) is 0.361. The van der Waals surface area contributed by atoms with Crippen molar-refractivity contribution in [3.05, 3.63) is 104 Å². The number of anilines is 1. The molecule has 4 heterocycles. The van der Waals surface area contributed by atoms with Crippen molar-refractivity contribution < 1.29 is 32.9 Å². The molecule has 2 fully saturated rings. The van der Waals surface area contributed by atoms with Gasteiger partial charge in [-0.05, 0) is 67.4 Å². The summed E-state index contributed by atoms with van der Waals surface area (Å²) in [5.74, 6) is -0.177. The molecule has 2 aromatic carbocycles. The normalized spacial score (nSPS) is 19.3. The minimum absolute atomic E-state index is 0.00146. The van der Waals surface area contributed by atoms with E-state index in [1.807, 2.05) is 0 Å². The zero-order chi connectivity index (χ0) is 34.7. The lowest BCUT2D eigenvalue weighted by molar-refractivity contribution is 0.0300. The molecule has 2 aliphatic rings. The number of hydrogen-bond donors (Lipinski definition) is 0. The number of esters is 1. The smallest absolute Gasteiger partial charge is 0.414 e. The monoisotopic (exact) mass is 727 g/mol. The van der Waals surface area contributed by atoms with Gasteiger partial charge in [-0.15, -0.1) is 11.3 Å². The summed E-state index contributed by atoms with van der Waals surface area (Å²) in [6.07, 6.45) is 5.07. The number of piperidine rings is 1. The van der Waals surface area contributed by atoms with Gasteiger partial charge in [0.1, 0.15) is 22.9 Å². The zero-order valence-corrected chi connectivity index (χ0v) is 29.6. The van der Waals surface area contributed by atoms with Gasteiger partial charge in [-0.25, -0.2) is 14.0 Å². The molecule has 49 heavy (non-hydrogen) atoms. The molecule has 13 heteroatoms. The van der Waals surface area contributed by atoms with E-state index in [1.54, 1.807) is 48.5 Å². The summed E-state index contributed by atoms with van der Waals surface area (Å²) in [6, 6.07) is 15.4. The highest BCUT2D eigenvalue weighted by Crippen LogP contribution is 2.38. The van der Waals surface area contributed by atoms with Crippen LogP contribution in [0.4, 0.5) is 14.9 Å². The maximum absolute atomic E-state index is 15.1. The Balaban J connectivity index is 1.22. The molecule has 1 amide bonds. The molecule has 1 unspecified atom stereocenters. The second kappa shape index (κ2) is 15.3. The van der Waals surface area contributed by atoms with E-state index in [-0.39, 0.29) is 24.8 Å². The number of carbonyl (C=O) groups excluding carboxylic acids is 2. The second-order valence-electron chi connectivity index (χ2n) is 12.1. The SMILES string of the molecule is COc1ccc([C@H](Cc2c(Cl)cncc2Cl)OC(=O)c2ccc(CN(C(=O)OC3C[C@H]4CC[C@@H](C3)N4C)c3ccccc3F)s2)cc1OC. The molecule has 2 bridgehead atoms. The van der Waals surface area contributed by atoms with Crippen LogP contribution in [0.2, 0.25) is 10.0 Å². The van der Waals surface area contributed by atoms with Gasteiger partial charge >= 0.3 is 12.1 Å². The molecule has 0 saturated carbocycles. The number of carbonyl (C=O) groups is 2. The molecule has 0 N–H and O–H groups in total. The first kappa shape index (κ1) is 34.9. The number of rotatable bonds is 11. The number of para-hydroxylation sites is 1. The van der Waals surface area contributed by atoms with Gasteiger partial charge in [0.25, 0.3) is 0 Å². The summed E-state index contributed by atoms with van der Waals surface area (Å²) < 4.78 is 38.0. The van der Waals surface area contributed by atoms with Crippen molar-refractivity contribution in [1.82, 2.24) is 9.88 Å². The topological polar surface area (TPSA) is 90.4 Å². The zero-order valence-electron chi connectivity index (χ0n) is 27.2. The molecule has 4 atom stereocenters. The maximum atomic E-state index is 15.1. The highest BCUT2D eigenvalue weighted by Gasteiger charge is 2.40. The molecule has 2 aromatic heterocycles. The van der Waals surface area contributed by atoms with Crippen molar-refractivity contribution in [2.45, 2.75) is 62.9 Å². The van der Waals surface area contributed by atoms with E-state index < -0.39 is 24.0 Å². The molecule has 0 radical (unpaired) electrons. The van der Waals surface area contributed by atoms with Crippen molar-refractivity contribution in [2.24, 2.45) is 0 Å². The third kappa shape index (κ3) is 7.80. The Morgan fingerprint density at radius 2 is 1.69 bits per heavy atom. The Morgan fingerprint density at radius 1 is 1.00 bits per heavy atom. The number of ether oxygens (including phenoxy) is 4. The number of benzene rings is 2. The molecular weight excluding hydrogens is 692 g/mol. The Labute approximate surface area is 298 Å². The molecule has 258 valence electrons. The molecule has 6 rings (SSSR count). The summed E-state index contributed by atoms with van der Waals surface area (Å²) in [4.78, 5) is 35.9. The molecule has 4 aromatic rings. The van der Waals surface area contributed by atoms with Crippen molar-refractivity contribution in [2.75, 3.05) is 26.2 Å². The largest absolute Gasteiger partial charge is 0.493 e. The van der Waals surface area contributed by atoms with E-state index in [1.165, 1.54) is 37.6 Å². The van der Waals surface area contributed by atoms with E-state index in [9.17, 15) is 9.59 Å². The third-order valence-corrected chi connectivity index (χ3v) is 10.9. The molecule has 2 saturated heterocycles. The van der Waals surface area contributed by atoms with Crippen LogP contribution in [0.1, 0.15) is 57.5 Å². The van der Waals surface area contributed by atoms with Crippen LogP contribution >= 0.6 is 34.5 Å². The van der Waals surface area contributed by atoms with Gasteiger partial charge in [0.05, 0.1) is 36.5 Å². The van der Waals surface area contributed by atoms with Gasteiger partial charge in [-0.2, -0.15) is 0 Å². The predicted octanol–water partition coefficient (Wildman–Crippen LogP) is 8.52. The summed E-state index contributed by atoms with van der Waals surface area (Å²) >= 11 is 14.0. The van der Waals surface area contributed by atoms with Crippen molar-refractivity contribution >= 4 is 52.3 Å². The average Bonchev–Trinajstić information content (AvgIpc) is 3.64. The Kier molecular flexibility index (Phi) is 10.9. The summed E-state index contributed by atoms with van der Waals surface area (Å²) in [5.41, 5.74) is 1.29. The lowest BCUT2D eigenvalue weighted by atomic mass is 10.0. The van der Waals surface area contributed by atoms with Gasteiger partial charge in [-0.1, -0.05) is 41.4 Å². The summed E-state index contributed by atoms with van der Waals surface area (Å²) in [6.45, 7) is -0.00146. The summed E-state index contributed by atoms with van der Waals surface area (Å²) in [5, 5.41) is 0.668. The van der Waals surface area contributed by atoms with E-state index in [2.05, 4.69) is 16.9 Å². The van der Waals surface area contributed by atoms with E-state index in [0.29, 0.717) is 54.5 Å². The molecule has 2 aliphatic heterocycles. The van der Waals surface area contributed by atoms with Crippen LogP contribution in [0.5, 0.6) is 11.5 Å². The average molecular weight is 729 g/mol. The van der Waals surface area contributed by atoms with Crippen LogP contribution in [0.25, 0.3) is 0 Å². The highest BCUT2D eigenvalue weighted by molar-refractivity contribution is 7.14. The number of halogens is 3. The summed E-state index contributed by atoms with van der Waals surface area (Å²) in [7, 11) is 5.17. The lowest BCUT2D eigenvalue weighted by Crippen LogP contribution is -2.45. The Bertz CT molecular complexity index is 1790. The van der Waals surface area contributed by atoms with Crippen molar-refractivity contribution in [3.63, 3.8) is 0 Å². The first-order chi connectivity index (χ1) is 23.6. The van der Waals surface area contributed by atoms with Crippen LogP contribution in [0.15, 0.2) is 67.0 Å². The number of aromatic nitrogens is 1. The maximum Gasteiger partial charge on any atom is 0.414 e. The number of nitrogens with zero attached hydrogens (tertiary/aromatic N) is 3. The van der Waals surface area contributed by atoms with Crippen LogP contribution < -0.4 is 14.4 Å². The van der Waals surface area contributed by atoms with Crippen LogP contribution in [-0.2, 0) is 22.4 Å². The van der Waals surface area contributed by atoms with Crippen molar-refractivity contribution in [3.8, 4) is 11.5 Å². The quantitative estimate of drug-likeness (QED) is 0.142. The van der Waals surface area contributed by atoms with Gasteiger partial charge in [0.2, 0.25) is 0 Å². The number of hydrogen-bond acceptors (Lipinski definition) is 9. The number of amides is 1. The predicted molar refractivity (Wildman–Crippen MR) is 187 cm³/mol. The van der Waals surface area contributed by atoms with Gasteiger partial charge in [0.15, 0.2) is 11.5 Å². The highest BCUT2D eigenvalue weighted by atomic mass is 35.5.